The number of hydrogen-bond acceptors (Lipinski definition) is 3. The summed E-state index contributed by atoms with van der Waals surface area (Å²) in [5, 5.41) is 17.4. The molecule has 0 unspecified atom stereocenters. The largest absolute Gasteiger partial charge is 0.507 e. The molecule has 0 fully saturated rings. The van der Waals surface area contributed by atoms with Gasteiger partial charge in [-0.05, 0) is 158 Å². The quantitative estimate of drug-likeness (QED) is 0.370. The van der Waals surface area contributed by atoms with Crippen molar-refractivity contribution in [1.82, 2.24) is 0 Å². The number of benzene rings is 2. The number of rotatable bonds is 3. The minimum atomic E-state index is 0.296. The smallest absolute Gasteiger partial charge is 0.122 e. The Kier molecular flexibility index (Phi) is 6.38. The second-order valence-corrected chi connectivity index (χ2v) is 9.78. The number of fused-ring (bicyclic) bond motifs is 1. The van der Waals surface area contributed by atoms with Crippen LogP contribution in [-0.2, 0) is 0 Å². The van der Waals surface area contributed by atoms with Crippen LogP contribution in [0.3, 0.4) is 0 Å². The van der Waals surface area contributed by atoms with E-state index in [1.54, 1.807) is 0 Å². The van der Waals surface area contributed by atoms with E-state index in [0.29, 0.717) is 5.76 Å². The Bertz CT molecular complexity index is 1270. The van der Waals surface area contributed by atoms with Crippen molar-refractivity contribution in [1.29, 1.82) is 0 Å². The number of hydrogen-bond donors (Lipinski definition) is 2. The fourth-order valence-electron chi connectivity index (χ4n) is 5.32. The highest BCUT2D eigenvalue weighted by Gasteiger charge is 2.32. The van der Waals surface area contributed by atoms with Crippen LogP contribution < -0.4 is 5.14 Å². The monoisotopic (exact) mass is 445 g/mol. The maximum Gasteiger partial charge on any atom is 0.122 e. The highest BCUT2D eigenvalue weighted by Crippen LogP contribution is 2.51. The summed E-state index contributed by atoms with van der Waals surface area (Å²) >= 11 is 1.28. The molecule has 0 saturated heterocycles. The van der Waals surface area contributed by atoms with Crippen LogP contribution in [0.1, 0.15) is 69.5 Å². The summed E-state index contributed by atoms with van der Waals surface area (Å²) in [6.07, 6.45) is 0. The zero-order valence-corrected chi connectivity index (χ0v) is 21.7. The van der Waals surface area contributed by atoms with Crippen molar-refractivity contribution < 1.29 is 5.11 Å². The molecule has 0 spiro atoms. The van der Waals surface area contributed by atoms with E-state index in [9.17, 15) is 5.11 Å². The third-order valence-electron chi connectivity index (χ3n) is 7.39. The minimum Gasteiger partial charge on any atom is -0.507 e. The summed E-state index contributed by atoms with van der Waals surface area (Å²) in [5.74, 6) is 0.296. The molecule has 2 nitrogen and oxygen atoms in total. The fourth-order valence-corrected chi connectivity index (χ4v) is 5.93. The molecule has 2 aromatic rings. The van der Waals surface area contributed by atoms with Gasteiger partial charge in [0.2, 0.25) is 0 Å². The van der Waals surface area contributed by atoms with Gasteiger partial charge in [0.05, 0.1) is 0 Å². The van der Waals surface area contributed by atoms with E-state index >= 15 is 0 Å². The van der Waals surface area contributed by atoms with Crippen molar-refractivity contribution >= 4 is 28.7 Å². The first-order chi connectivity index (χ1) is 14.9. The maximum atomic E-state index is 11.4. The molecule has 1 aliphatic rings. The summed E-state index contributed by atoms with van der Waals surface area (Å²) in [6, 6.07) is 2.20. The van der Waals surface area contributed by atoms with Gasteiger partial charge in [-0.2, -0.15) is 0 Å². The molecule has 2 aromatic carbocycles. The lowest BCUT2D eigenvalue weighted by Crippen LogP contribution is -2.01. The molecule has 0 aromatic heterocycles. The first-order valence-electron chi connectivity index (χ1n) is 10.9. The first-order valence-corrected chi connectivity index (χ1v) is 11.8. The van der Waals surface area contributed by atoms with Gasteiger partial charge in [0.1, 0.15) is 5.76 Å². The van der Waals surface area contributed by atoms with Crippen LogP contribution in [0.15, 0.2) is 41.0 Å². The lowest BCUT2D eigenvalue weighted by Gasteiger charge is -2.18. The molecular formula is C29H35NOS. The zero-order valence-electron chi connectivity index (χ0n) is 20.9. The third-order valence-corrected chi connectivity index (χ3v) is 8.23. The second-order valence-electron chi connectivity index (χ2n) is 9.14. The van der Waals surface area contributed by atoms with Gasteiger partial charge in [-0.3, -0.25) is 5.14 Å². The molecule has 3 rings (SSSR count). The maximum absolute atomic E-state index is 11.4. The highest BCUT2D eigenvalue weighted by molar-refractivity contribution is 7.97. The Morgan fingerprint density at radius 2 is 1.31 bits per heavy atom. The molecule has 32 heavy (non-hydrogen) atoms. The molecule has 1 aliphatic carbocycles. The van der Waals surface area contributed by atoms with Crippen molar-refractivity contribution in [3.05, 3.63) is 91.8 Å². The lowest BCUT2D eigenvalue weighted by molar-refractivity contribution is 0.425. The summed E-state index contributed by atoms with van der Waals surface area (Å²) in [6.45, 7) is 27.7. The normalized spacial score (nSPS) is 15.8. The zero-order chi connectivity index (χ0) is 24.2. The summed E-state index contributed by atoms with van der Waals surface area (Å²) in [4.78, 5) is 1.09. The van der Waals surface area contributed by atoms with Gasteiger partial charge in [-0.1, -0.05) is 19.2 Å². The Labute approximate surface area is 197 Å². The van der Waals surface area contributed by atoms with Crippen molar-refractivity contribution in [3.63, 3.8) is 0 Å². The molecule has 0 bridgehead atoms. The second kappa shape index (κ2) is 8.46. The van der Waals surface area contributed by atoms with E-state index in [2.05, 4.69) is 67.7 Å². The van der Waals surface area contributed by atoms with Crippen LogP contribution in [0.25, 0.3) is 16.7 Å². The Morgan fingerprint density at radius 3 is 1.84 bits per heavy atom. The molecule has 0 radical (unpaired) electrons. The summed E-state index contributed by atoms with van der Waals surface area (Å²) < 4.78 is 0. The van der Waals surface area contributed by atoms with Crippen LogP contribution >= 0.6 is 11.9 Å². The van der Waals surface area contributed by atoms with E-state index in [1.165, 1.54) is 45.3 Å². The van der Waals surface area contributed by atoms with Crippen LogP contribution in [-0.4, -0.2) is 5.11 Å². The van der Waals surface area contributed by atoms with Crippen molar-refractivity contribution in [2.24, 2.45) is 5.14 Å². The molecule has 3 heteroatoms. The van der Waals surface area contributed by atoms with Gasteiger partial charge >= 0.3 is 0 Å². The number of aliphatic hydroxyl groups excluding tert-OH is 1. The molecule has 0 aliphatic heterocycles. The van der Waals surface area contributed by atoms with Crippen LogP contribution in [0.4, 0.5) is 0 Å². The predicted octanol–water partition coefficient (Wildman–Crippen LogP) is 8.16. The fraction of sp³-hybridized carbons (Fsp3) is 0.310. The van der Waals surface area contributed by atoms with Crippen molar-refractivity contribution in [2.75, 3.05) is 0 Å². The lowest BCUT2D eigenvalue weighted by atomic mass is 9.88. The van der Waals surface area contributed by atoms with E-state index in [-0.39, 0.29) is 0 Å². The Balaban J connectivity index is 2.28. The molecule has 0 atom stereocenters. The Morgan fingerprint density at radius 1 is 0.781 bits per heavy atom. The topological polar surface area (TPSA) is 46.2 Å². The van der Waals surface area contributed by atoms with Crippen LogP contribution in [0.5, 0.6) is 0 Å². The summed E-state index contributed by atoms with van der Waals surface area (Å²) in [5.41, 5.74) is 16.2. The molecule has 0 heterocycles. The van der Waals surface area contributed by atoms with E-state index < -0.39 is 0 Å². The number of aliphatic hydroxyl groups is 1. The van der Waals surface area contributed by atoms with Gasteiger partial charge < -0.3 is 5.11 Å². The molecule has 3 N–H and O–H groups in total. The van der Waals surface area contributed by atoms with Gasteiger partial charge in [0, 0.05) is 4.90 Å². The van der Waals surface area contributed by atoms with E-state index in [1.807, 2.05) is 13.8 Å². The molecule has 168 valence electrons. The van der Waals surface area contributed by atoms with Crippen LogP contribution in [0.2, 0.25) is 0 Å². The molecular weight excluding hydrogens is 410 g/mol. The van der Waals surface area contributed by atoms with Gasteiger partial charge in [-0.15, -0.1) is 0 Å². The molecule has 0 amide bonds. The van der Waals surface area contributed by atoms with Gasteiger partial charge in [-0.25, -0.2) is 0 Å². The number of aryl methyl sites for hydroxylation is 2. The minimum absolute atomic E-state index is 0.296. The average Bonchev–Trinajstić information content (AvgIpc) is 3.00. The van der Waals surface area contributed by atoms with Gasteiger partial charge in [0.15, 0.2) is 0 Å². The standard InChI is InChI=1S/C29H35NOS/c1-13-12-14(2)24(16(4)15(13)3)21(9)28(31)22(10)25-19(7)26-17(5)18(6)29(32-30)23(11)27(26)20(25)8/h12,31H,7-8,30H2,1-6,9-11H3/b25-22-,28-21+. The third kappa shape index (κ3) is 3.39. The van der Waals surface area contributed by atoms with Crippen LogP contribution in [0, 0.1) is 48.5 Å². The number of allylic oxidation sites excluding steroid dienone is 5. The van der Waals surface area contributed by atoms with E-state index in [0.717, 1.165) is 55.0 Å². The first kappa shape index (κ1) is 24.2. The predicted molar refractivity (Wildman–Crippen MR) is 142 cm³/mol. The number of nitrogens with two attached hydrogens (primary N) is 1. The highest BCUT2D eigenvalue weighted by atomic mass is 32.2. The Hall–Kier alpha value is -2.49. The van der Waals surface area contributed by atoms with Crippen molar-refractivity contribution in [3.8, 4) is 0 Å². The average molecular weight is 446 g/mol. The SMILES string of the molecule is C=C1/C(=C(C)/C(O)=C(/C)c2c(C)cc(C)c(C)c2C)C(=C)c2c(C)c(SN)c(C)c(C)c21. The summed E-state index contributed by atoms with van der Waals surface area (Å²) in [7, 11) is 0. The molecule has 0 saturated carbocycles. The van der Waals surface area contributed by atoms with E-state index in [4.69, 9.17) is 5.14 Å². The van der Waals surface area contributed by atoms with Gasteiger partial charge in [0.25, 0.3) is 0 Å². The van der Waals surface area contributed by atoms with Crippen molar-refractivity contribution in [2.45, 2.75) is 67.2 Å².